The van der Waals surface area contributed by atoms with E-state index in [1.54, 1.807) is 0 Å². The summed E-state index contributed by atoms with van der Waals surface area (Å²) in [5, 5.41) is 16.8. The number of rotatable bonds is 5. The van der Waals surface area contributed by atoms with Gasteiger partial charge in [-0.15, -0.1) is 5.10 Å². The van der Waals surface area contributed by atoms with Crippen molar-refractivity contribution in [1.29, 1.82) is 0 Å². The van der Waals surface area contributed by atoms with Crippen molar-refractivity contribution in [1.82, 2.24) is 25.2 Å². The van der Waals surface area contributed by atoms with Gasteiger partial charge in [0, 0.05) is 29.6 Å². The van der Waals surface area contributed by atoms with Crippen LogP contribution < -0.4 is 0 Å². The largest absolute Gasteiger partial charge is 0.278 e. The van der Waals surface area contributed by atoms with E-state index in [0.29, 0.717) is 12.3 Å². The lowest BCUT2D eigenvalue weighted by atomic mass is 10.00. The van der Waals surface area contributed by atoms with E-state index < -0.39 is 0 Å². The Morgan fingerprint density at radius 3 is 2.84 bits per heavy atom. The number of benzene rings is 2. The molecule has 2 aromatic carbocycles. The predicted octanol–water partition coefficient (Wildman–Crippen LogP) is 4.67. The van der Waals surface area contributed by atoms with Crippen LogP contribution in [0.2, 0.25) is 0 Å². The molecule has 7 nitrogen and oxygen atoms in total. The molecule has 0 aliphatic heterocycles. The number of hydrogen-bond acceptors (Lipinski definition) is 4. The first kappa shape index (κ1) is 19.4. The lowest BCUT2D eigenvalue weighted by Crippen LogP contribution is -2.11. The van der Waals surface area contributed by atoms with E-state index in [1.807, 2.05) is 36.1 Å². The molecule has 0 spiro atoms. The summed E-state index contributed by atoms with van der Waals surface area (Å²) in [5.74, 6) is 0.408. The number of fused-ring (bicyclic) bond motifs is 1. The number of hydrogen-bond donors (Lipinski definition) is 1. The van der Waals surface area contributed by atoms with Gasteiger partial charge in [-0.25, -0.2) is 9.67 Å². The van der Waals surface area contributed by atoms with E-state index in [1.165, 1.54) is 0 Å². The standard InChI is InChI=1S/C24H24N6O/c1-2-24(31)27-19-11-6-16(12-19)15-30-23(14-26-29-30)18-9-7-17(8-10-18)20-4-3-5-22-21(20)13-25-28-22/h3-5,7-10,13-14,16H,2,6,11-12,15H2,1H3,(H,25,28)/t16-/m1/s1. The van der Waals surface area contributed by atoms with Crippen LogP contribution in [-0.2, 0) is 11.3 Å². The molecule has 1 atom stereocenters. The summed E-state index contributed by atoms with van der Waals surface area (Å²) < 4.78 is 1.97. The zero-order valence-electron chi connectivity index (χ0n) is 17.5. The molecule has 0 bridgehead atoms. The van der Waals surface area contributed by atoms with Crippen LogP contribution in [-0.4, -0.2) is 36.8 Å². The van der Waals surface area contributed by atoms with Crippen LogP contribution in [0.1, 0.15) is 32.6 Å². The molecule has 1 aliphatic rings. The smallest absolute Gasteiger partial charge is 0.245 e. The predicted molar refractivity (Wildman–Crippen MR) is 121 cm³/mol. The zero-order chi connectivity index (χ0) is 21.2. The second-order valence-corrected chi connectivity index (χ2v) is 8.05. The van der Waals surface area contributed by atoms with Crippen LogP contribution >= 0.6 is 0 Å². The van der Waals surface area contributed by atoms with E-state index in [0.717, 1.165) is 64.8 Å². The summed E-state index contributed by atoms with van der Waals surface area (Å²) in [6, 6.07) is 14.7. The molecule has 4 aromatic rings. The average Bonchev–Trinajstić information content (AvgIpc) is 3.55. The van der Waals surface area contributed by atoms with Gasteiger partial charge in [0.1, 0.15) is 0 Å². The van der Waals surface area contributed by atoms with Crippen molar-refractivity contribution in [2.24, 2.45) is 10.9 Å². The van der Waals surface area contributed by atoms with E-state index in [-0.39, 0.29) is 5.91 Å². The van der Waals surface area contributed by atoms with Crippen molar-refractivity contribution in [3.63, 3.8) is 0 Å². The highest BCUT2D eigenvalue weighted by Gasteiger charge is 2.23. The molecule has 0 unspecified atom stereocenters. The Bertz CT molecular complexity index is 1250. The molecule has 1 aliphatic carbocycles. The van der Waals surface area contributed by atoms with Crippen molar-refractivity contribution in [3.05, 3.63) is 54.9 Å². The fraction of sp³-hybridized carbons (Fsp3) is 0.292. The number of aliphatic imine (C=N–C) groups is 1. The minimum Gasteiger partial charge on any atom is -0.278 e. The number of amides is 1. The van der Waals surface area contributed by atoms with Gasteiger partial charge < -0.3 is 0 Å². The molecule has 156 valence electrons. The second-order valence-electron chi connectivity index (χ2n) is 8.05. The van der Waals surface area contributed by atoms with Gasteiger partial charge in [-0.2, -0.15) is 5.10 Å². The van der Waals surface area contributed by atoms with Gasteiger partial charge in [-0.05, 0) is 42.4 Å². The first-order valence-corrected chi connectivity index (χ1v) is 10.7. The molecular weight excluding hydrogens is 388 g/mol. The third-order valence-electron chi connectivity index (χ3n) is 5.98. The Labute approximate surface area is 180 Å². The topological polar surface area (TPSA) is 88.8 Å². The highest BCUT2D eigenvalue weighted by Crippen LogP contribution is 2.30. The summed E-state index contributed by atoms with van der Waals surface area (Å²) in [4.78, 5) is 15.8. The Morgan fingerprint density at radius 1 is 1.16 bits per heavy atom. The summed E-state index contributed by atoms with van der Waals surface area (Å²) in [7, 11) is 0. The maximum atomic E-state index is 11.6. The zero-order valence-corrected chi connectivity index (χ0v) is 17.5. The van der Waals surface area contributed by atoms with Gasteiger partial charge >= 0.3 is 0 Å². The number of carbonyl (C=O) groups excluding carboxylic acids is 1. The maximum absolute atomic E-state index is 11.6. The van der Waals surface area contributed by atoms with Crippen molar-refractivity contribution in [2.75, 3.05) is 0 Å². The number of aromatic nitrogens is 5. The summed E-state index contributed by atoms with van der Waals surface area (Å²) in [6.07, 6.45) is 6.93. The van der Waals surface area contributed by atoms with E-state index in [4.69, 9.17) is 0 Å². The molecular formula is C24H24N6O. The first-order valence-electron chi connectivity index (χ1n) is 10.7. The van der Waals surface area contributed by atoms with E-state index in [9.17, 15) is 4.79 Å². The quantitative estimate of drug-likeness (QED) is 0.516. The number of nitrogens with one attached hydrogen (secondary N) is 1. The molecule has 1 saturated carbocycles. The lowest BCUT2D eigenvalue weighted by Gasteiger charge is -2.12. The third kappa shape index (κ3) is 3.91. The molecule has 7 heteroatoms. The molecule has 0 radical (unpaired) electrons. The van der Waals surface area contributed by atoms with Gasteiger partial charge in [0.25, 0.3) is 0 Å². The molecule has 5 rings (SSSR count). The SMILES string of the molecule is CCC(=O)N=C1CC[C@@H](Cn2nncc2-c2ccc(-c3cccc4[nH]ncc34)cc2)C1. The molecule has 2 heterocycles. The van der Waals surface area contributed by atoms with Gasteiger partial charge in [-0.3, -0.25) is 9.89 Å². The first-order chi connectivity index (χ1) is 15.2. The van der Waals surface area contributed by atoms with Crippen LogP contribution in [0.5, 0.6) is 0 Å². The summed E-state index contributed by atoms with van der Waals surface area (Å²) >= 11 is 0. The van der Waals surface area contributed by atoms with E-state index in [2.05, 4.69) is 55.8 Å². The summed E-state index contributed by atoms with van der Waals surface area (Å²) in [5.41, 5.74) is 6.44. The molecule has 1 fully saturated rings. The minimum absolute atomic E-state index is 0.0247. The number of carbonyl (C=O) groups is 1. The molecule has 31 heavy (non-hydrogen) atoms. The minimum atomic E-state index is -0.0247. The van der Waals surface area contributed by atoms with Crippen LogP contribution in [0, 0.1) is 5.92 Å². The van der Waals surface area contributed by atoms with Crippen LogP contribution in [0.3, 0.4) is 0 Å². The van der Waals surface area contributed by atoms with E-state index >= 15 is 0 Å². The van der Waals surface area contributed by atoms with Crippen molar-refractivity contribution < 1.29 is 4.79 Å². The fourth-order valence-electron chi connectivity index (χ4n) is 4.32. The number of nitrogens with zero attached hydrogens (tertiary/aromatic N) is 5. The van der Waals surface area contributed by atoms with Gasteiger partial charge in [-0.1, -0.05) is 48.5 Å². The normalized spacial score (nSPS) is 17.6. The Hall–Kier alpha value is -3.61. The molecule has 0 saturated heterocycles. The Balaban J connectivity index is 1.35. The molecule has 2 aromatic heterocycles. The monoisotopic (exact) mass is 412 g/mol. The van der Waals surface area contributed by atoms with Crippen molar-refractivity contribution in [2.45, 2.75) is 39.2 Å². The summed E-state index contributed by atoms with van der Waals surface area (Å²) in [6.45, 7) is 2.63. The number of H-pyrrole nitrogens is 1. The van der Waals surface area contributed by atoms with Crippen molar-refractivity contribution in [3.8, 4) is 22.4 Å². The Kier molecular flexibility index (Phi) is 5.16. The fourth-order valence-corrected chi connectivity index (χ4v) is 4.32. The van der Waals surface area contributed by atoms with Gasteiger partial charge in [0.2, 0.25) is 5.91 Å². The molecule has 1 amide bonds. The average molecular weight is 412 g/mol. The van der Waals surface area contributed by atoms with Crippen molar-refractivity contribution >= 4 is 22.5 Å². The third-order valence-corrected chi connectivity index (χ3v) is 5.98. The maximum Gasteiger partial charge on any atom is 0.245 e. The Morgan fingerprint density at radius 2 is 2.00 bits per heavy atom. The second kappa shape index (κ2) is 8.26. The lowest BCUT2D eigenvalue weighted by molar-refractivity contribution is -0.117. The van der Waals surface area contributed by atoms with Crippen LogP contribution in [0.4, 0.5) is 0 Å². The highest BCUT2D eigenvalue weighted by molar-refractivity contribution is 5.97. The van der Waals surface area contributed by atoms with Gasteiger partial charge in [0.05, 0.1) is 23.6 Å². The molecule has 1 N–H and O–H groups in total. The highest BCUT2D eigenvalue weighted by atomic mass is 16.1. The van der Waals surface area contributed by atoms with Crippen LogP contribution in [0.15, 0.2) is 59.9 Å². The van der Waals surface area contributed by atoms with Crippen LogP contribution in [0.25, 0.3) is 33.3 Å². The number of aromatic amines is 1. The van der Waals surface area contributed by atoms with Gasteiger partial charge in [0.15, 0.2) is 0 Å².